The van der Waals surface area contributed by atoms with Gasteiger partial charge in [0.1, 0.15) is 0 Å². The minimum Gasteiger partial charge on any atom is -0.328 e. The first kappa shape index (κ1) is 13.9. The molecule has 1 heterocycles. The van der Waals surface area contributed by atoms with Gasteiger partial charge in [0.25, 0.3) is 0 Å². The van der Waals surface area contributed by atoms with Crippen molar-refractivity contribution in [3.8, 4) is 0 Å². The molecule has 4 rings (SSSR count). The van der Waals surface area contributed by atoms with Crippen LogP contribution in [0.4, 0.5) is 0 Å². The zero-order chi connectivity index (χ0) is 13.5. The highest BCUT2D eigenvalue weighted by molar-refractivity contribution is 5.03. The largest absolute Gasteiger partial charge is 0.328 e. The van der Waals surface area contributed by atoms with E-state index in [1.165, 1.54) is 64.3 Å². The summed E-state index contributed by atoms with van der Waals surface area (Å²) in [6.45, 7) is 6.00. The summed E-state index contributed by atoms with van der Waals surface area (Å²) in [7, 11) is 0. The number of nitrogens with two attached hydrogens (primary N) is 1. The van der Waals surface area contributed by atoms with E-state index in [-0.39, 0.29) is 0 Å². The molecule has 0 amide bonds. The molecule has 3 aliphatic carbocycles. The molecule has 0 aromatic rings. The standard InChI is InChI=1S/C9H17N.C8H15N/c1-8-3-6-10-9(7-8)4-2-5-9;1-6-2-8(3-6)4-7(9)5-8/h8,10H,2-7H2,1H3;6-7H,2-5,9H2,1H3. The van der Waals surface area contributed by atoms with Gasteiger partial charge >= 0.3 is 0 Å². The van der Waals surface area contributed by atoms with Crippen LogP contribution in [0.5, 0.6) is 0 Å². The van der Waals surface area contributed by atoms with Gasteiger partial charge in [0.15, 0.2) is 0 Å². The van der Waals surface area contributed by atoms with Crippen LogP contribution in [0.1, 0.15) is 71.6 Å². The fraction of sp³-hybridized carbons (Fsp3) is 1.00. The SMILES string of the molecule is CC1CC2(C1)CC(N)C2.CC1CCNC2(CCC2)C1. The maximum Gasteiger partial charge on any atom is 0.0184 e. The highest BCUT2D eigenvalue weighted by atomic mass is 15.0. The van der Waals surface area contributed by atoms with Crippen molar-refractivity contribution in [2.75, 3.05) is 6.54 Å². The van der Waals surface area contributed by atoms with Crippen molar-refractivity contribution in [1.82, 2.24) is 5.32 Å². The molecule has 1 saturated heterocycles. The molecule has 1 atom stereocenters. The Morgan fingerprint density at radius 1 is 0.947 bits per heavy atom. The summed E-state index contributed by atoms with van der Waals surface area (Å²) in [4.78, 5) is 0. The van der Waals surface area contributed by atoms with Gasteiger partial charge in [-0.25, -0.2) is 0 Å². The average molecular weight is 264 g/mol. The molecule has 0 bridgehead atoms. The summed E-state index contributed by atoms with van der Waals surface area (Å²) in [5, 5.41) is 3.66. The van der Waals surface area contributed by atoms with Gasteiger partial charge in [-0.3, -0.25) is 0 Å². The highest BCUT2D eigenvalue weighted by Crippen LogP contribution is 2.57. The minimum absolute atomic E-state index is 0.553. The van der Waals surface area contributed by atoms with Crippen LogP contribution in [0.2, 0.25) is 0 Å². The lowest BCUT2D eigenvalue weighted by atomic mass is 9.51. The Labute approximate surface area is 118 Å². The van der Waals surface area contributed by atoms with Gasteiger partial charge in [0.2, 0.25) is 0 Å². The van der Waals surface area contributed by atoms with Gasteiger partial charge in [-0.2, -0.15) is 0 Å². The second-order valence-corrected chi connectivity index (χ2v) is 8.34. The van der Waals surface area contributed by atoms with Crippen LogP contribution in [0.15, 0.2) is 0 Å². The van der Waals surface area contributed by atoms with Gasteiger partial charge in [0.05, 0.1) is 0 Å². The second kappa shape index (κ2) is 5.04. The Balaban J connectivity index is 0.000000117. The van der Waals surface area contributed by atoms with E-state index < -0.39 is 0 Å². The minimum atomic E-state index is 0.553. The maximum absolute atomic E-state index is 5.71. The molecule has 1 unspecified atom stereocenters. The molecule has 3 N–H and O–H groups in total. The summed E-state index contributed by atoms with van der Waals surface area (Å²) < 4.78 is 0. The van der Waals surface area contributed by atoms with E-state index in [1.54, 1.807) is 0 Å². The van der Waals surface area contributed by atoms with Crippen molar-refractivity contribution < 1.29 is 0 Å². The molecule has 2 nitrogen and oxygen atoms in total. The Morgan fingerprint density at radius 3 is 2.00 bits per heavy atom. The topological polar surface area (TPSA) is 38.0 Å². The van der Waals surface area contributed by atoms with Gasteiger partial charge in [0, 0.05) is 11.6 Å². The van der Waals surface area contributed by atoms with Crippen LogP contribution < -0.4 is 11.1 Å². The summed E-state index contributed by atoms with van der Waals surface area (Å²) in [5.41, 5.74) is 7.09. The predicted molar refractivity (Wildman–Crippen MR) is 81.0 cm³/mol. The fourth-order valence-electron chi connectivity index (χ4n) is 5.21. The smallest absolute Gasteiger partial charge is 0.0184 e. The average Bonchev–Trinajstić information content (AvgIpc) is 2.24. The summed E-state index contributed by atoms with van der Waals surface area (Å²) in [5.74, 6) is 1.97. The molecular weight excluding hydrogens is 232 g/mol. The lowest BCUT2D eigenvalue weighted by molar-refractivity contribution is -0.0313. The first-order valence-corrected chi connectivity index (χ1v) is 8.52. The summed E-state index contributed by atoms with van der Waals surface area (Å²) in [6, 6.07) is 0.553. The van der Waals surface area contributed by atoms with Crippen LogP contribution in [-0.2, 0) is 0 Å². The monoisotopic (exact) mass is 264 g/mol. The van der Waals surface area contributed by atoms with Gasteiger partial charge in [-0.15, -0.1) is 0 Å². The third-order valence-corrected chi connectivity index (χ3v) is 6.14. The third kappa shape index (κ3) is 2.85. The Kier molecular flexibility index (Phi) is 3.68. The van der Waals surface area contributed by atoms with Gasteiger partial charge < -0.3 is 11.1 Å². The van der Waals surface area contributed by atoms with Gasteiger partial charge in [-0.1, -0.05) is 13.8 Å². The normalized spacial score (nSPS) is 46.6. The zero-order valence-electron chi connectivity index (χ0n) is 12.9. The van der Waals surface area contributed by atoms with Crippen LogP contribution >= 0.6 is 0 Å². The van der Waals surface area contributed by atoms with Crippen molar-refractivity contribution in [3.63, 3.8) is 0 Å². The molecule has 4 aliphatic rings. The lowest BCUT2D eigenvalue weighted by Crippen LogP contribution is -2.55. The molecule has 0 aromatic heterocycles. The number of rotatable bonds is 0. The summed E-state index contributed by atoms with van der Waals surface area (Å²) in [6.07, 6.45) is 12.7. The molecular formula is C17H32N2. The van der Waals surface area contributed by atoms with Crippen LogP contribution in [0, 0.1) is 17.3 Å². The number of hydrogen-bond acceptors (Lipinski definition) is 2. The van der Waals surface area contributed by atoms with Crippen LogP contribution in [0.25, 0.3) is 0 Å². The second-order valence-electron chi connectivity index (χ2n) is 8.34. The zero-order valence-corrected chi connectivity index (χ0v) is 12.9. The molecule has 110 valence electrons. The molecule has 19 heavy (non-hydrogen) atoms. The van der Waals surface area contributed by atoms with Crippen LogP contribution in [0.3, 0.4) is 0 Å². The quantitative estimate of drug-likeness (QED) is 0.703. The number of nitrogens with one attached hydrogen (secondary N) is 1. The number of piperidine rings is 1. The van der Waals surface area contributed by atoms with Crippen molar-refractivity contribution in [1.29, 1.82) is 0 Å². The number of hydrogen-bond donors (Lipinski definition) is 2. The van der Waals surface area contributed by atoms with Crippen molar-refractivity contribution in [2.45, 2.75) is 83.2 Å². The molecule has 0 radical (unpaired) electrons. The Bertz CT molecular complexity index is 290. The van der Waals surface area contributed by atoms with E-state index in [0.29, 0.717) is 11.6 Å². The third-order valence-electron chi connectivity index (χ3n) is 6.14. The van der Waals surface area contributed by atoms with Gasteiger partial charge in [-0.05, 0) is 81.6 Å². The molecule has 1 aliphatic heterocycles. The van der Waals surface area contributed by atoms with Crippen molar-refractivity contribution in [2.24, 2.45) is 23.0 Å². The molecule has 2 spiro atoms. The maximum atomic E-state index is 5.71. The van der Waals surface area contributed by atoms with E-state index >= 15 is 0 Å². The first-order chi connectivity index (χ1) is 9.01. The predicted octanol–water partition coefficient (Wildman–Crippen LogP) is 3.45. The molecule has 2 heteroatoms. The van der Waals surface area contributed by atoms with Crippen LogP contribution in [-0.4, -0.2) is 18.1 Å². The molecule has 0 aromatic carbocycles. The van der Waals surface area contributed by atoms with E-state index in [1.807, 2.05) is 0 Å². The van der Waals surface area contributed by atoms with E-state index in [0.717, 1.165) is 17.3 Å². The Morgan fingerprint density at radius 2 is 1.63 bits per heavy atom. The fourth-order valence-corrected chi connectivity index (χ4v) is 5.21. The molecule has 3 saturated carbocycles. The van der Waals surface area contributed by atoms with Crippen molar-refractivity contribution >= 4 is 0 Å². The molecule has 4 fully saturated rings. The van der Waals surface area contributed by atoms with E-state index in [9.17, 15) is 0 Å². The van der Waals surface area contributed by atoms with E-state index in [4.69, 9.17) is 5.73 Å². The van der Waals surface area contributed by atoms with E-state index in [2.05, 4.69) is 19.2 Å². The highest BCUT2D eigenvalue weighted by Gasteiger charge is 2.49. The summed E-state index contributed by atoms with van der Waals surface area (Å²) >= 11 is 0. The Hall–Kier alpha value is -0.0800. The van der Waals surface area contributed by atoms with Crippen molar-refractivity contribution in [3.05, 3.63) is 0 Å². The lowest BCUT2D eigenvalue weighted by Gasteiger charge is -2.56. The first-order valence-electron chi connectivity index (χ1n) is 8.52.